The van der Waals surface area contributed by atoms with Crippen molar-refractivity contribution in [2.24, 2.45) is 5.73 Å². The van der Waals surface area contributed by atoms with Gasteiger partial charge in [-0.15, -0.1) is 0 Å². The predicted molar refractivity (Wildman–Crippen MR) is 72.5 cm³/mol. The Kier molecular flexibility index (Phi) is 2.48. The molecule has 3 rings (SSSR count). The monoisotopic (exact) mass is 228 g/mol. The van der Waals surface area contributed by atoms with Gasteiger partial charge in [0.05, 0.1) is 5.52 Å². The second kappa shape index (κ2) is 3.88. The first-order valence-electron chi connectivity index (χ1n) is 6.53. The molecule has 0 amide bonds. The van der Waals surface area contributed by atoms with Crippen LogP contribution in [0.25, 0.3) is 10.9 Å². The van der Waals surface area contributed by atoms with E-state index in [-0.39, 0.29) is 0 Å². The smallest absolute Gasteiger partial charge is 0.0517 e. The maximum atomic E-state index is 5.68. The van der Waals surface area contributed by atoms with Crippen LogP contribution in [0.2, 0.25) is 0 Å². The van der Waals surface area contributed by atoms with Crippen LogP contribution in [0.5, 0.6) is 0 Å². The predicted octanol–water partition coefficient (Wildman–Crippen LogP) is 2.71. The van der Waals surface area contributed by atoms with Crippen molar-refractivity contribution in [1.29, 1.82) is 0 Å². The average Bonchev–Trinajstić information content (AvgIpc) is 2.57. The third-order valence-electron chi connectivity index (χ3n) is 4.13. The van der Waals surface area contributed by atoms with Crippen LogP contribution in [0.3, 0.4) is 0 Å². The summed E-state index contributed by atoms with van der Waals surface area (Å²) in [5.41, 5.74) is 13.0. The quantitative estimate of drug-likeness (QED) is 0.841. The topological polar surface area (TPSA) is 30.9 Å². The molecule has 17 heavy (non-hydrogen) atoms. The van der Waals surface area contributed by atoms with E-state index in [1.165, 1.54) is 52.7 Å². The molecular formula is C15H20N2. The van der Waals surface area contributed by atoms with Gasteiger partial charge in [-0.2, -0.15) is 0 Å². The van der Waals surface area contributed by atoms with Gasteiger partial charge < -0.3 is 10.3 Å². The van der Waals surface area contributed by atoms with Gasteiger partial charge in [-0.1, -0.05) is 6.07 Å². The first-order valence-corrected chi connectivity index (χ1v) is 6.53. The molecule has 2 heteroatoms. The van der Waals surface area contributed by atoms with Crippen LogP contribution in [0.15, 0.2) is 12.1 Å². The Morgan fingerprint density at radius 3 is 2.88 bits per heavy atom. The lowest BCUT2D eigenvalue weighted by Gasteiger charge is -2.18. The minimum absolute atomic E-state index is 0.740. The molecule has 2 heterocycles. The molecule has 0 fully saturated rings. The summed E-state index contributed by atoms with van der Waals surface area (Å²) in [4.78, 5) is 0. The van der Waals surface area contributed by atoms with Crippen LogP contribution in [0.4, 0.5) is 0 Å². The summed E-state index contributed by atoms with van der Waals surface area (Å²) in [6, 6.07) is 4.71. The summed E-state index contributed by atoms with van der Waals surface area (Å²) in [5.74, 6) is 0. The van der Waals surface area contributed by atoms with E-state index in [4.69, 9.17) is 5.73 Å². The highest BCUT2D eigenvalue weighted by Gasteiger charge is 2.18. The summed E-state index contributed by atoms with van der Waals surface area (Å²) in [6.07, 6.45) is 3.48. The summed E-state index contributed by atoms with van der Waals surface area (Å²) >= 11 is 0. The number of aryl methyl sites for hydroxylation is 3. The van der Waals surface area contributed by atoms with Crippen molar-refractivity contribution in [1.82, 2.24) is 4.57 Å². The summed E-state index contributed by atoms with van der Waals surface area (Å²) in [7, 11) is 0. The Morgan fingerprint density at radius 2 is 2.12 bits per heavy atom. The molecule has 0 aliphatic carbocycles. The van der Waals surface area contributed by atoms with Crippen molar-refractivity contribution in [3.63, 3.8) is 0 Å². The van der Waals surface area contributed by atoms with Crippen LogP contribution in [0, 0.1) is 13.8 Å². The maximum absolute atomic E-state index is 5.68. The number of aromatic nitrogens is 1. The van der Waals surface area contributed by atoms with Crippen LogP contribution in [-0.2, 0) is 19.4 Å². The molecule has 2 aromatic rings. The second-order valence-electron chi connectivity index (χ2n) is 5.16. The molecule has 0 unspecified atom stereocenters. The number of nitrogens with zero attached hydrogens (tertiary/aromatic N) is 1. The Hall–Kier alpha value is -1.28. The molecule has 0 spiro atoms. The Morgan fingerprint density at radius 1 is 1.29 bits per heavy atom. The van der Waals surface area contributed by atoms with Crippen LogP contribution >= 0.6 is 0 Å². The van der Waals surface area contributed by atoms with E-state index in [0.717, 1.165) is 13.0 Å². The number of hydrogen-bond acceptors (Lipinski definition) is 1. The molecule has 90 valence electrons. The van der Waals surface area contributed by atoms with Crippen LogP contribution in [-0.4, -0.2) is 11.1 Å². The van der Waals surface area contributed by atoms with Gasteiger partial charge in [0, 0.05) is 17.6 Å². The SMILES string of the molecule is Cc1c(C)n2c3c(cc(CCN)cc13)CCC2. The zero-order chi connectivity index (χ0) is 12.0. The van der Waals surface area contributed by atoms with Crippen molar-refractivity contribution in [3.8, 4) is 0 Å². The highest BCUT2D eigenvalue weighted by molar-refractivity contribution is 5.89. The van der Waals surface area contributed by atoms with Gasteiger partial charge in [0.1, 0.15) is 0 Å². The molecule has 0 saturated heterocycles. The Bertz CT molecular complexity index is 578. The van der Waals surface area contributed by atoms with Gasteiger partial charge in [-0.3, -0.25) is 0 Å². The first-order chi connectivity index (χ1) is 8.22. The van der Waals surface area contributed by atoms with Crippen molar-refractivity contribution in [2.45, 2.75) is 39.7 Å². The molecule has 0 bridgehead atoms. The fourth-order valence-electron chi connectivity index (χ4n) is 3.14. The van der Waals surface area contributed by atoms with Crippen molar-refractivity contribution in [2.75, 3.05) is 6.54 Å². The van der Waals surface area contributed by atoms with E-state index in [1.807, 2.05) is 0 Å². The maximum Gasteiger partial charge on any atom is 0.0517 e. The molecule has 2 nitrogen and oxygen atoms in total. The summed E-state index contributed by atoms with van der Waals surface area (Å²) < 4.78 is 2.50. The lowest BCUT2D eigenvalue weighted by Crippen LogP contribution is -2.10. The van der Waals surface area contributed by atoms with Gasteiger partial charge in [0.25, 0.3) is 0 Å². The molecule has 0 saturated carbocycles. The van der Waals surface area contributed by atoms with Crippen molar-refractivity contribution in [3.05, 3.63) is 34.5 Å². The largest absolute Gasteiger partial charge is 0.344 e. The number of rotatable bonds is 2. The molecular weight excluding hydrogens is 208 g/mol. The third kappa shape index (κ3) is 1.51. The van der Waals surface area contributed by atoms with Gasteiger partial charge in [0.2, 0.25) is 0 Å². The van der Waals surface area contributed by atoms with E-state index >= 15 is 0 Å². The average molecular weight is 228 g/mol. The van der Waals surface area contributed by atoms with Gasteiger partial charge in [-0.25, -0.2) is 0 Å². The molecule has 0 atom stereocenters. The van der Waals surface area contributed by atoms with E-state index in [2.05, 4.69) is 30.5 Å². The van der Waals surface area contributed by atoms with Crippen molar-refractivity contribution >= 4 is 10.9 Å². The van der Waals surface area contributed by atoms with E-state index in [0.29, 0.717) is 0 Å². The van der Waals surface area contributed by atoms with E-state index in [1.54, 1.807) is 0 Å². The van der Waals surface area contributed by atoms with Gasteiger partial charge in [0.15, 0.2) is 0 Å². The molecule has 1 aliphatic rings. The fraction of sp³-hybridized carbons (Fsp3) is 0.467. The number of benzene rings is 1. The lowest BCUT2D eigenvalue weighted by atomic mass is 9.98. The minimum Gasteiger partial charge on any atom is -0.344 e. The highest BCUT2D eigenvalue weighted by Crippen LogP contribution is 2.33. The highest BCUT2D eigenvalue weighted by atomic mass is 15.0. The number of hydrogen-bond donors (Lipinski definition) is 1. The first kappa shape index (κ1) is 10.8. The molecule has 0 radical (unpaired) electrons. The van der Waals surface area contributed by atoms with Crippen LogP contribution < -0.4 is 5.73 Å². The zero-order valence-electron chi connectivity index (χ0n) is 10.7. The standard InChI is InChI=1S/C15H20N2/c1-10-11(2)17-7-3-4-13-8-12(5-6-16)9-14(10)15(13)17/h8-9H,3-7,16H2,1-2H3. The van der Waals surface area contributed by atoms with E-state index < -0.39 is 0 Å². The van der Waals surface area contributed by atoms with E-state index in [9.17, 15) is 0 Å². The normalized spacial score (nSPS) is 14.5. The van der Waals surface area contributed by atoms with Crippen molar-refractivity contribution < 1.29 is 0 Å². The van der Waals surface area contributed by atoms with Gasteiger partial charge >= 0.3 is 0 Å². The van der Waals surface area contributed by atoms with Crippen LogP contribution in [0.1, 0.15) is 28.8 Å². The summed E-state index contributed by atoms with van der Waals surface area (Å²) in [5, 5.41) is 1.45. The third-order valence-corrected chi connectivity index (χ3v) is 4.13. The lowest BCUT2D eigenvalue weighted by molar-refractivity contribution is 0.621. The number of nitrogens with two attached hydrogens (primary N) is 1. The van der Waals surface area contributed by atoms with Gasteiger partial charge in [-0.05, 0) is 62.4 Å². The second-order valence-corrected chi connectivity index (χ2v) is 5.16. The molecule has 1 aromatic heterocycles. The molecule has 1 aromatic carbocycles. The Labute approximate surface area is 102 Å². The summed E-state index contributed by atoms with van der Waals surface area (Å²) in [6.45, 7) is 6.41. The zero-order valence-corrected chi connectivity index (χ0v) is 10.7. The molecule has 2 N–H and O–H groups in total. The minimum atomic E-state index is 0.740. The Balaban J connectivity index is 2.33. The molecule has 1 aliphatic heterocycles. The fourth-order valence-corrected chi connectivity index (χ4v) is 3.14.